The number of carboxylic acids is 1. The topological polar surface area (TPSA) is 62.8 Å². The number of furan rings is 1. The second-order valence-electron chi connectivity index (χ2n) is 9.48. The first-order valence-electron chi connectivity index (χ1n) is 13.6. The van der Waals surface area contributed by atoms with Gasteiger partial charge < -0.3 is 12.4 Å². The van der Waals surface area contributed by atoms with E-state index in [-0.39, 0.29) is 25.9 Å². The van der Waals surface area contributed by atoms with Crippen molar-refractivity contribution in [2.45, 2.75) is 117 Å². The number of nitrogens with zero attached hydrogens (tertiary/aromatic N) is 1. The SMILES string of the molecule is CCCCCCCCCCCCCCCCCC(=O)O.Cc1oc2cccc3c2c1C=NC=C3.[H-].[H-].[Mg+2]. The van der Waals surface area contributed by atoms with Gasteiger partial charge in [-0.25, -0.2) is 0 Å². The molecule has 35 heavy (non-hydrogen) atoms. The largest absolute Gasteiger partial charge is 2.00 e. The van der Waals surface area contributed by atoms with Crippen LogP contribution in [0.4, 0.5) is 0 Å². The third-order valence-electron chi connectivity index (χ3n) is 6.51. The fourth-order valence-electron chi connectivity index (χ4n) is 4.50. The molecule has 5 heteroatoms. The zero-order valence-electron chi connectivity index (χ0n) is 24.2. The molecule has 1 aromatic carbocycles. The van der Waals surface area contributed by atoms with Crippen LogP contribution in [0.15, 0.2) is 33.8 Å². The molecule has 0 saturated heterocycles. The van der Waals surface area contributed by atoms with Crippen molar-refractivity contribution in [3.8, 4) is 0 Å². The van der Waals surface area contributed by atoms with Crippen LogP contribution in [-0.4, -0.2) is 40.3 Å². The number of carbonyl (C=O) groups is 1. The van der Waals surface area contributed by atoms with Crippen molar-refractivity contribution in [3.63, 3.8) is 0 Å². The normalized spacial score (nSPS) is 11.6. The fourth-order valence-corrected chi connectivity index (χ4v) is 4.50. The molecule has 1 aromatic heterocycles. The van der Waals surface area contributed by atoms with E-state index in [1.807, 2.05) is 37.5 Å². The number of aliphatic carboxylic acids is 1. The molecular formula is C30H47MgNO3. The molecule has 1 aliphatic heterocycles. The summed E-state index contributed by atoms with van der Waals surface area (Å²) in [6, 6.07) is 6.06. The molecule has 3 rings (SSSR count). The predicted octanol–water partition coefficient (Wildman–Crippen LogP) is 9.32. The van der Waals surface area contributed by atoms with Gasteiger partial charge in [0.15, 0.2) is 0 Å². The maximum atomic E-state index is 10.3. The minimum Gasteiger partial charge on any atom is -1.00 e. The van der Waals surface area contributed by atoms with Crippen LogP contribution in [-0.2, 0) is 4.79 Å². The van der Waals surface area contributed by atoms with Crippen LogP contribution in [0.1, 0.15) is 129 Å². The molecule has 192 valence electrons. The van der Waals surface area contributed by atoms with E-state index in [1.165, 1.54) is 94.4 Å². The molecular weight excluding hydrogens is 447 g/mol. The van der Waals surface area contributed by atoms with Crippen molar-refractivity contribution in [1.82, 2.24) is 0 Å². The summed E-state index contributed by atoms with van der Waals surface area (Å²) in [5, 5.41) is 9.69. The van der Waals surface area contributed by atoms with E-state index in [1.54, 1.807) is 0 Å². The molecule has 1 aliphatic rings. The monoisotopic (exact) mass is 493 g/mol. The van der Waals surface area contributed by atoms with Gasteiger partial charge in [-0.3, -0.25) is 9.79 Å². The number of rotatable bonds is 16. The third-order valence-corrected chi connectivity index (χ3v) is 6.51. The van der Waals surface area contributed by atoms with Crippen LogP contribution in [0.25, 0.3) is 17.0 Å². The Kier molecular flexibility index (Phi) is 17.6. The van der Waals surface area contributed by atoms with Crippen LogP contribution < -0.4 is 0 Å². The maximum absolute atomic E-state index is 10.3. The molecule has 0 spiro atoms. The first kappa shape index (κ1) is 31.4. The third kappa shape index (κ3) is 12.8. The van der Waals surface area contributed by atoms with Crippen LogP contribution in [0.3, 0.4) is 0 Å². The molecule has 1 N–H and O–H groups in total. The first-order chi connectivity index (χ1) is 16.6. The number of aliphatic imine (C=N–C) groups is 1. The number of benzene rings is 1. The van der Waals surface area contributed by atoms with Gasteiger partial charge in [-0.2, -0.15) is 0 Å². The van der Waals surface area contributed by atoms with Gasteiger partial charge in [0.25, 0.3) is 0 Å². The van der Waals surface area contributed by atoms with Crippen molar-refractivity contribution in [2.75, 3.05) is 0 Å². The Balaban J connectivity index is 0. The Morgan fingerprint density at radius 3 is 1.97 bits per heavy atom. The fraction of sp³-hybridized carbons (Fsp3) is 0.600. The number of hydrogen-bond donors (Lipinski definition) is 1. The van der Waals surface area contributed by atoms with Gasteiger partial charge in [-0.15, -0.1) is 0 Å². The van der Waals surface area contributed by atoms with Crippen LogP contribution >= 0.6 is 0 Å². The molecule has 0 atom stereocenters. The molecule has 0 radical (unpaired) electrons. The summed E-state index contributed by atoms with van der Waals surface area (Å²) in [4.78, 5) is 14.5. The van der Waals surface area contributed by atoms with Gasteiger partial charge in [0.2, 0.25) is 0 Å². The molecule has 0 aliphatic carbocycles. The Bertz CT molecular complexity index is 912. The second kappa shape index (κ2) is 19.6. The Morgan fingerprint density at radius 1 is 0.886 bits per heavy atom. The molecule has 0 saturated carbocycles. The van der Waals surface area contributed by atoms with Crippen molar-refractivity contribution in [3.05, 3.63) is 41.3 Å². The quantitative estimate of drug-likeness (QED) is 0.187. The summed E-state index contributed by atoms with van der Waals surface area (Å²) in [6.45, 7) is 4.24. The van der Waals surface area contributed by atoms with E-state index >= 15 is 0 Å². The van der Waals surface area contributed by atoms with Gasteiger partial charge >= 0.3 is 29.0 Å². The average Bonchev–Trinajstić information content (AvgIpc) is 3.00. The maximum Gasteiger partial charge on any atom is 2.00 e. The molecule has 2 heterocycles. The zero-order valence-corrected chi connectivity index (χ0v) is 23.6. The summed E-state index contributed by atoms with van der Waals surface area (Å²) >= 11 is 0. The molecule has 4 nitrogen and oxygen atoms in total. The average molecular weight is 494 g/mol. The standard InChI is InChI=1S/C18H36O2.C12H9NO.Mg.2H/c1-2-3-4-5-6-7-8-9-10-11-12-13-14-15-16-17-18(19)20;1-8-10-7-13-6-5-9-3-2-4-11(14-8)12(9)10;;;/h2-17H2,1H3,(H,19,20);2-7H,1H3;;;/q;;+2;2*-1. The molecule has 2 aromatic rings. The van der Waals surface area contributed by atoms with E-state index in [0.29, 0.717) is 6.42 Å². The summed E-state index contributed by atoms with van der Waals surface area (Å²) in [5.41, 5.74) is 3.21. The number of carboxylic acid groups (broad SMARTS) is 1. The predicted molar refractivity (Wildman–Crippen MR) is 153 cm³/mol. The Hall–Kier alpha value is -1.59. The molecule has 0 amide bonds. The Labute approximate surface area is 231 Å². The summed E-state index contributed by atoms with van der Waals surface area (Å²) in [5.74, 6) is 0.277. The van der Waals surface area contributed by atoms with Gasteiger partial charge in [0, 0.05) is 29.8 Å². The minimum absolute atomic E-state index is 0. The van der Waals surface area contributed by atoms with Crippen molar-refractivity contribution in [1.29, 1.82) is 0 Å². The van der Waals surface area contributed by atoms with E-state index in [4.69, 9.17) is 9.52 Å². The van der Waals surface area contributed by atoms with Crippen molar-refractivity contribution in [2.24, 2.45) is 4.99 Å². The van der Waals surface area contributed by atoms with Crippen LogP contribution in [0.5, 0.6) is 0 Å². The number of aryl methyl sites for hydroxylation is 1. The van der Waals surface area contributed by atoms with Gasteiger partial charge in [-0.05, 0) is 31.1 Å². The van der Waals surface area contributed by atoms with Gasteiger partial charge in [0.05, 0.1) is 0 Å². The molecule has 0 bridgehead atoms. The smallest absolute Gasteiger partial charge is 1.00 e. The van der Waals surface area contributed by atoms with Crippen LogP contribution in [0, 0.1) is 6.92 Å². The van der Waals surface area contributed by atoms with Crippen LogP contribution in [0.2, 0.25) is 0 Å². The number of hydrogen-bond acceptors (Lipinski definition) is 3. The molecule has 0 fully saturated rings. The summed E-state index contributed by atoms with van der Waals surface area (Å²) < 4.78 is 5.64. The first-order valence-corrected chi connectivity index (χ1v) is 13.6. The van der Waals surface area contributed by atoms with E-state index in [2.05, 4.69) is 18.0 Å². The summed E-state index contributed by atoms with van der Waals surface area (Å²) in [6.07, 6.45) is 25.9. The molecule has 0 unspecified atom stereocenters. The van der Waals surface area contributed by atoms with E-state index in [0.717, 1.165) is 29.7 Å². The van der Waals surface area contributed by atoms with E-state index in [9.17, 15) is 4.79 Å². The summed E-state index contributed by atoms with van der Waals surface area (Å²) in [7, 11) is 0. The van der Waals surface area contributed by atoms with Gasteiger partial charge in [0.1, 0.15) is 11.3 Å². The Morgan fingerprint density at radius 2 is 1.43 bits per heavy atom. The number of unbranched alkanes of at least 4 members (excludes halogenated alkanes) is 14. The minimum atomic E-state index is -0.653. The van der Waals surface area contributed by atoms with Gasteiger partial charge in [-0.1, -0.05) is 109 Å². The van der Waals surface area contributed by atoms with E-state index < -0.39 is 5.97 Å². The zero-order chi connectivity index (χ0) is 24.4. The van der Waals surface area contributed by atoms with Crippen molar-refractivity contribution >= 4 is 52.3 Å². The van der Waals surface area contributed by atoms with Crippen molar-refractivity contribution < 1.29 is 17.2 Å². The second-order valence-corrected chi connectivity index (χ2v) is 9.48.